The summed E-state index contributed by atoms with van der Waals surface area (Å²) in [4.78, 5) is 9.06. The molecular formula is C13H14N2O. The third kappa shape index (κ3) is 1.35. The molecule has 1 aliphatic carbocycles. The molecule has 0 saturated carbocycles. The summed E-state index contributed by atoms with van der Waals surface area (Å²) in [5.41, 5.74) is 3.44. The molecule has 82 valence electrons. The first-order valence-corrected chi connectivity index (χ1v) is 5.68. The van der Waals surface area contributed by atoms with Crippen molar-refractivity contribution in [2.24, 2.45) is 0 Å². The number of rotatable bonds is 1. The number of aryl methyl sites for hydroxylation is 2. The van der Waals surface area contributed by atoms with Gasteiger partial charge in [-0.3, -0.25) is 0 Å². The predicted molar refractivity (Wildman–Crippen MR) is 61.2 cm³/mol. The minimum Gasteiger partial charge on any atom is -0.469 e. The fraction of sp³-hybridized carbons (Fsp3) is 0.385. The first-order chi connectivity index (χ1) is 7.75. The molecule has 16 heavy (non-hydrogen) atoms. The van der Waals surface area contributed by atoms with Crippen LogP contribution in [0.2, 0.25) is 0 Å². The van der Waals surface area contributed by atoms with Crippen molar-refractivity contribution in [1.82, 2.24) is 9.97 Å². The lowest BCUT2D eigenvalue weighted by Crippen LogP contribution is -2.08. The van der Waals surface area contributed by atoms with Gasteiger partial charge in [-0.15, -0.1) is 0 Å². The lowest BCUT2D eigenvalue weighted by molar-refractivity contribution is 0.506. The zero-order valence-corrected chi connectivity index (χ0v) is 9.53. The summed E-state index contributed by atoms with van der Waals surface area (Å²) in [6, 6.07) is 2.00. The molecule has 0 radical (unpaired) electrons. The average Bonchev–Trinajstić information content (AvgIpc) is 2.76. The summed E-state index contributed by atoms with van der Waals surface area (Å²) in [6.07, 6.45) is 5.65. The fourth-order valence-electron chi connectivity index (χ4n) is 2.11. The summed E-state index contributed by atoms with van der Waals surface area (Å²) < 4.78 is 5.45. The molecule has 0 N–H and O–H groups in total. The highest BCUT2D eigenvalue weighted by atomic mass is 16.3. The summed E-state index contributed by atoms with van der Waals surface area (Å²) >= 11 is 0. The van der Waals surface area contributed by atoms with Crippen LogP contribution in [0.4, 0.5) is 0 Å². The van der Waals surface area contributed by atoms with Crippen molar-refractivity contribution in [2.45, 2.75) is 32.6 Å². The smallest absolute Gasteiger partial charge is 0.131 e. The number of furan rings is 1. The molecule has 0 aromatic carbocycles. The highest BCUT2D eigenvalue weighted by Gasteiger charge is 2.21. The normalized spacial score (nSPS) is 13.7. The second-order valence-electron chi connectivity index (χ2n) is 4.51. The van der Waals surface area contributed by atoms with E-state index in [9.17, 15) is 0 Å². The maximum atomic E-state index is 5.45. The fourth-order valence-corrected chi connectivity index (χ4v) is 2.11. The zero-order chi connectivity index (χ0) is 11.1. The monoisotopic (exact) mass is 214 g/mol. The first kappa shape index (κ1) is 9.58. The molecule has 0 fully saturated rings. The van der Waals surface area contributed by atoms with Crippen LogP contribution in [-0.2, 0) is 12.8 Å². The Bertz CT molecular complexity index is 528. The Morgan fingerprint density at radius 1 is 1.31 bits per heavy atom. The third-order valence-electron chi connectivity index (χ3n) is 3.02. The van der Waals surface area contributed by atoms with Crippen LogP contribution in [0.15, 0.2) is 22.9 Å². The van der Waals surface area contributed by atoms with Gasteiger partial charge in [-0.1, -0.05) is 13.8 Å². The summed E-state index contributed by atoms with van der Waals surface area (Å²) in [7, 11) is 0. The van der Waals surface area contributed by atoms with Crippen molar-refractivity contribution >= 4 is 0 Å². The average molecular weight is 214 g/mol. The molecule has 0 spiro atoms. The van der Waals surface area contributed by atoms with E-state index in [1.165, 1.54) is 5.56 Å². The van der Waals surface area contributed by atoms with Gasteiger partial charge in [0.2, 0.25) is 0 Å². The van der Waals surface area contributed by atoms with Crippen LogP contribution in [0.25, 0.3) is 11.3 Å². The quantitative estimate of drug-likeness (QED) is 0.732. The van der Waals surface area contributed by atoms with Crippen LogP contribution in [0.1, 0.15) is 36.9 Å². The van der Waals surface area contributed by atoms with E-state index in [-0.39, 0.29) is 0 Å². The Hall–Kier alpha value is -1.64. The Labute approximate surface area is 94.5 Å². The zero-order valence-electron chi connectivity index (χ0n) is 9.53. The van der Waals surface area contributed by atoms with Crippen molar-refractivity contribution in [2.75, 3.05) is 0 Å². The van der Waals surface area contributed by atoms with Gasteiger partial charge in [0.25, 0.3) is 0 Å². The van der Waals surface area contributed by atoms with Crippen molar-refractivity contribution in [1.29, 1.82) is 0 Å². The van der Waals surface area contributed by atoms with E-state index in [4.69, 9.17) is 4.42 Å². The number of nitrogens with zero attached hydrogens (tertiary/aromatic N) is 2. The van der Waals surface area contributed by atoms with Gasteiger partial charge in [0.1, 0.15) is 11.6 Å². The molecule has 0 atom stereocenters. The standard InChI is InChI=1S/C13H14N2O/c1-8(2)13-14-7-9-3-4-11-10(5-6-16-11)12(9)15-13/h5-8H,3-4H2,1-2H3. The molecule has 2 heterocycles. The largest absolute Gasteiger partial charge is 0.469 e. The molecule has 2 aromatic heterocycles. The van der Waals surface area contributed by atoms with E-state index in [0.29, 0.717) is 5.92 Å². The first-order valence-electron chi connectivity index (χ1n) is 5.68. The van der Waals surface area contributed by atoms with Gasteiger partial charge in [0.15, 0.2) is 0 Å². The van der Waals surface area contributed by atoms with Crippen LogP contribution in [0.5, 0.6) is 0 Å². The molecule has 0 saturated heterocycles. The van der Waals surface area contributed by atoms with Gasteiger partial charge in [0, 0.05) is 24.1 Å². The van der Waals surface area contributed by atoms with Gasteiger partial charge < -0.3 is 4.42 Å². The highest BCUT2D eigenvalue weighted by molar-refractivity contribution is 5.67. The van der Waals surface area contributed by atoms with E-state index >= 15 is 0 Å². The molecule has 3 nitrogen and oxygen atoms in total. The van der Waals surface area contributed by atoms with Crippen LogP contribution in [0.3, 0.4) is 0 Å². The van der Waals surface area contributed by atoms with E-state index < -0.39 is 0 Å². The topological polar surface area (TPSA) is 38.9 Å². The Kier molecular flexibility index (Phi) is 2.06. The van der Waals surface area contributed by atoms with Gasteiger partial charge >= 0.3 is 0 Å². The molecule has 1 aliphatic rings. The number of hydrogen-bond donors (Lipinski definition) is 0. The number of fused-ring (bicyclic) bond motifs is 3. The lowest BCUT2D eigenvalue weighted by atomic mass is 9.95. The molecule has 0 bridgehead atoms. The molecule has 2 aromatic rings. The van der Waals surface area contributed by atoms with Crippen molar-refractivity contribution in [3.8, 4) is 11.3 Å². The number of hydrogen-bond acceptors (Lipinski definition) is 3. The van der Waals surface area contributed by atoms with Crippen molar-refractivity contribution in [3.63, 3.8) is 0 Å². The maximum absolute atomic E-state index is 5.45. The molecule has 3 rings (SSSR count). The third-order valence-corrected chi connectivity index (χ3v) is 3.02. The van der Waals surface area contributed by atoms with Gasteiger partial charge in [-0.05, 0) is 18.1 Å². The van der Waals surface area contributed by atoms with E-state index in [1.807, 2.05) is 12.3 Å². The minimum absolute atomic E-state index is 0.363. The van der Waals surface area contributed by atoms with Crippen LogP contribution >= 0.6 is 0 Å². The summed E-state index contributed by atoms with van der Waals surface area (Å²) in [6.45, 7) is 4.22. The Morgan fingerprint density at radius 3 is 3.00 bits per heavy atom. The van der Waals surface area contributed by atoms with E-state index in [1.54, 1.807) is 6.26 Å². The van der Waals surface area contributed by atoms with E-state index in [2.05, 4.69) is 23.8 Å². The minimum atomic E-state index is 0.363. The second kappa shape index (κ2) is 3.44. The molecule has 0 unspecified atom stereocenters. The molecule has 0 aliphatic heterocycles. The molecule has 3 heteroatoms. The van der Waals surface area contributed by atoms with Gasteiger partial charge in [0.05, 0.1) is 12.0 Å². The molecular weight excluding hydrogens is 200 g/mol. The maximum Gasteiger partial charge on any atom is 0.131 e. The van der Waals surface area contributed by atoms with Crippen molar-refractivity contribution in [3.05, 3.63) is 35.7 Å². The van der Waals surface area contributed by atoms with Crippen LogP contribution < -0.4 is 0 Å². The Balaban J connectivity index is 2.18. The summed E-state index contributed by atoms with van der Waals surface area (Å²) in [5, 5.41) is 0. The highest BCUT2D eigenvalue weighted by Crippen LogP contribution is 2.32. The van der Waals surface area contributed by atoms with Gasteiger partial charge in [-0.2, -0.15) is 0 Å². The predicted octanol–water partition coefficient (Wildman–Crippen LogP) is 2.96. The van der Waals surface area contributed by atoms with Crippen LogP contribution in [-0.4, -0.2) is 9.97 Å². The Morgan fingerprint density at radius 2 is 2.19 bits per heavy atom. The number of aromatic nitrogens is 2. The molecule has 0 amide bonds. The van der Waals surface area contributed by atoms with E-state index in [0.717, 1.165) is 35.7 Å². The summed E-state index contributed by atoms with van der Waals surface area (Å²) in [5.74, 6) is 2.33. The van der Waals surface area contributed by atoms with Crippen molar-refractivity contribution < 1.29 is 4.42 Å². The lowest BCUT2D eigenvalue weighted by Gasteiger charge is -2.15. The van der Waals surface area contributed by atoms with Crippen LogP contribution in [0, 0.1) is 0 Å². The second-order valence-corrected chi connectivity index (χ2v) is 4.51. The SMILES string of the molecule is CC(C)c1ncc2c(n1)-c1ccoc1CC2. The van der Waals surface area contributed by atoms with Gasteiger partial charge in [-0.25, -0.2) is 9.97 Å².